The Labute approximate surface area is 114 Å². The van der Waals surface area contributed by atoms with Crippen LogP contribution in [0.3, 0.4) is 0 Å². The number of carbonyl (C=O) groups is 1. The quantitative estimate of drug-likeness (QED) is 0.869. The minimum Gasteiger partial charge on any atom is -0.388 e. The largest absolute Gasteiger partial charge is 0.388 e. The van der Waals surface area contributed by atoms with Gasteiger partial charge in [-0.25, -0.2) is 0 Å². The maximum absolute atomic E-state index is 11.6. The van der Waals surface area contributed by atoms with E-state index in [4.69, 9.17) is 5.73 Å². The van der Waals surface area contributed by atoms with E-state index in [-0.39, 0.29) is 11.3 Å². The van der Waals surface area contributed by atoms with E-state index in [1.165, 1.54) is 0 Å². The predicted molar refractivity (Wildman–Crippen MR) is 76.0 cm³/mol. The number of hydrogen-bond acceptors (Lipinski definition) is 3. The molecule has 0 spiro atoms. The van der Waals surface area contributed by atoms with Gasteiger partial charge in [-0.15, -0.1) is 0 Å². The van der Waals surface area contributed by atoms with E-state index in [1.54, 1.807) is 11.9 Å². The number of hydrogen-bond donors (Lipinski definition) is 2. The number of carbonyl (C=O) groups excluding carboxylic acids is 1. The van der Waals surface area contributed by atoms with Crippen LogP contribution in [0.4, 0.5) is 5.69 Å². The molecular weight excluding hydrogens is 240 g/mol. The Hall–Kier alpha value is -1.39. The smallest absolute Gasteiger partial charge is 0.227 e. The summed E-state index contributed by atoms with van der Waals surface area (Å²) in [6.07, 6.45) is 0.677. The lowest BCUT2D eigenvalue weighted by Gasteiger charge is -2.31. The zero-order valence-electron chi connectivity index (χ0n) is 11.8. The first-order valence-corrected chi connectivity index (χ1v) is 6.64. The van der Waals surface area contributed by atoms with E-state index in [2.05, 4.69) is 0 Å². The van der Waals surface area contributed by atoms with Crippen LogP contribution in [0, 0.1) is 5.41 Å². The van der Waals surface area contributed by atoms with Gasteiger partial charge < -0.3 is 15.7 Å². The maximum Gasteiger partial charge on any atom is 0.227 e. The summed E-state index contributed by atoms with van der Waals surface area (Å²) < 4.78 is 0. The van der Waals surface area contributed by atoms with Crippen LogP contribution in [0.15, 0.2) is 18.2 Å². The van der Waals surface area contributed by atoms with Crippen molar-refractivity contribution in [2.45, 2.75) is 32.8 Å². The van der Waals surface area contributed by atoms with Crippen molar-refractivity contribution in [2.24, 2.45) is 11.1 Å². The second-order valence-corrected chi connectivity index (χ2v) is 5.94. The summed E-state index contributed by atoms with van der Waals surface area (Å²) in [5, 5.41) is 10.4. The van der Waals surface area contributed by atoms with Crippen LogP contribution in [0.25, 0.3) is 0 Å². The van der Waals surface area contributed by atoms with E-state index in [0.29, 0.717) is 13.0 Å². The third-order valence-corrected chi connectivity index (χ3v) is 4.03. The van der Waals surface area contributed by atoms with Gasteiger partial charge in [0.25, 0.3) is 0 Å². The van der Waals surface area contributed by atoms with Crippen molar-refractivity contribution in [1.82, 2.24) is 0 Å². The van der Waals surface area contributed by atoms with Crippen LogP contribution in [-0.4, -0.2) is 24.6 Å². The fourth-order valence-corrected chi connectivity index (χ4v) is 2.41. The van der Waals surface area contributed by atoms with Gasteiger partial charge in [0.1, 0.15) is 0 Å². The summed E-state index contributed by atoms with van der Waals surface area (Å²) >= 11 is 0. The van der Waals surface area contributed by atoms with E-state index in [1.807, 2.05) is 32.0 Å². The van der Waals surface area contributed by atoms with Gasteiger partial charge in [0.2, 0.25) is 5.91 Å². The van der Waals surface area contributed by atoms with Gasteiger partial charge in [-0.05, 0) is 23.6 Å². The number of benzene rings is 1. The molecule has 0 aliphatic carbocycles. The van der Waals surface area contributed by atoms with Crippen molar-refractivity contribution in [3.05, 3.63) is 29.3 Å². The lowest BCUT2D eigenvalue weighted by Crippen LogP contribution is -2.32. The molecule has 0 saturated heterocycles. The first kappa shape index (κ1) is 14.0. The Morgan fingerprint density at radius 3 is 2.74 bits per heavy atom. The summed E-state index contributed by atoms with van der Waals surface area (Å²) in [6.45, 7) is 4.32. The molecule has 1 aliphatic rings. The molecule has 104 valence electrons. The molecule has 2 rings (SSSR count). The molecule has 0 saturated carbocycles. The second kappa shape index (κ2) is 4.94. The predicted octanol–water partition coefficient (Wildman–Crippen LogP) is 1.61. The van der Waals surface area contributed by atoms with Crippen molar-refractivity contribution in [3.8, 4) is 0 Å². The van der Waals surface area contributed by atoms with Gasteiger partial charge in [0.05, 0.1) is 6.10 Å². The molecule has 19 heavy (non-hydrogen) atoms. The normalized spacial score (nSPS) is 17.3. The molecule has 0 radical (unpaired) electrons. The number of rotatable bonds is 3. The van der Waals surface area contributed by atoms with Crippen LogP contribution in [-0.2, 0) is 11.2 Å². The van der Waals surface area contributed by atoms with Crippen molar-refractivity contribution in [3.63, 3.8) is 0 Å². The lowest BCUT2D eigenvalue weighted by atomic mass is 9.82. The second-order valence-electron chi connectivity index (χ2n) is 5.94. The number of nitrogens with zero attached hydrogens (tertiary/aromatic N) is 1. The molecule has 3 N–H and O–H groups in total. The molecule has 0 aromatic heterocycles. The van der Waals surface area contributed by atoms with Crippen LogP contribution in [0.1, 0.15) is 37.5 Å². The highest BCUT2D eigenvalue weighted by atomic mass is 16.3. The highest BCUT2D eigenvalue weighted by Gasteiger charge is 2.29. The van der Waals surface area contributed by atoms with E-state index in [9.17, 15) is 9.90 Å². The van der Waals surface area contributed by atoms with Gasteiger partial charge in [0, 0.05) is 31.1 Å². The zero-order chi connectivity index (χ0) is 14.2. The Balaban J connectivity index is 2.35. The lowest BCUT2D eigenvalue weighted by molar-refractivity contribution is -0.118. The molecule has 4 nitrogen and oxygen atoms in total. The Morgan fingerprint density at radius 1 is 1.42 bits per heavy atom. The number of aryl methyl sites for hydroxylation is 1. The van der Waals surface area contributed by atoms with Gasteiger partial charge in [-0.1, -0.05) is 26.0 Å². The summed E-state index contributed by atoms with van der Waals surface area (Å²) in [5.41, 5.74) is 8.28. The van der Waals surface area contributed by atoms with Gasteiger partial charge >= 0.3 is 0 Å². The number of aliphatic hydroxyl groups excluding tert-OH is 1. The number of fused-ring (bicyclic) bond motifs is 1. The van der Waals surface area contributed by atoms with E-state index >= 15 is 0 Å². The molecule has 0 bridgehead atoms. The molecule has 4 heteroatoms. The molecule has 1 aromatic carbocycles. The van der Waals surface area contributed by atoms with Crippen molar-refractivity contribution >= 4 is 11.6 Å². The fourth-order valence-electron chi connectivity index (χ4n) is 2.41. The van der Waals surface area contributed by atoms with Crippen LogP contribution in [0.5, 0.6) is 0 Å². The highest BCUT2D eigenvalue weighted by Crippen LogP contribution is 2.35. The van der Waals surface area contributed by atoms with Crippen molar-refractivity contribution in [2.75, 3.05) is 18.5 Å². The average molecular weight is 262 g/mol. The number of nitrogens with two attached hydrogens (primary N) is 1. The highest BCUT2D eigenvalue weighted by molar-refractivity contribution is 5.95. The first-order valence-electron chi connectivity index (χ1n) is 6.64. The summed E-state index contributed by atoms with van der Waals surface area (Å²) in [7, 11) is 1.79. The summed E-state index contributed by atoms with van der Waals surface area (Å²) in [6, 6.07) is 5.80. The molecule has 1 heterocycles. The van der Waals surface area contributed by atoms with E-state index in [0.717, 1.165) is 23.2 Å². The minimum atomic E-state index is -0.592. The summed E-state index contributed by atoms with van der Waals surface area (Å²) in [4.78, 5) is 13.3. The first-order chi connectivity index (χ1) is 8.86. The molecule has 1 aliphatic heterocycles. The molecule has 0 fully saturated rings. The molecule has 1 unspecified atom stereocenters. The minimum absolute atomic E-state index is 0.142. The third kappa shape index (κ3) is 2.51. The Morgan fingerprint density at radius 2 is 2.11 bits per heavy atom. The summed E-state index contributed by atoms with van der Waals surface area (Å²) in [5.74, 6) is 0.142. The number of anilines is 1. The number of amides is 1. The topological polar surface area (TPSA) is 66.6 Å². The molecular formula is C15H22N2O2. The Bertz CT molecular complexity index is 497. The maximum atomic E-state index is 11.6. The van der Waals surface area contributed by atoms with Crippen LogP contribution < -0.4 is 10.6 Å². The van der Waals surface area contributed by atoms with Gasteiger partial charge in [-0.3, -0.25) is 4.79 Å². The van der Waals surface area contributed by atoms with Gasteiger partial charge in [0.15, 0.2) is 0 Å². The molecule has 1 amide bonds. The van der Waals surface area contributed by atoms with Crippen LogP contribution >= 0.6 is 0 Å². The van der Waals surface area contributed by atoms with E-state index < -0.39 is 6.10 Å². The zero-order valence-corrected chi connectivity index (χ0v) is 11.8. The third-order valence-electron chi connectivity index (χ3n) is 4.03. The molecule has 1 atom stereocenters. The molecule has 1 aromatic rings. The standard InChI is InChI=1S/C15H22N2O2/c1-15(2,9-16)14(19)11-4-6-12-10(8-11)5-7-13(18)17(12)3/h4,6,8,14,19H,5,7,9,16H2,1-3H3. The average Bonchev–Trinajstić information content (AvgIpc) is 2.41. The van der Waals surface area contributed by atoms with Crippen LogP contribution in [0.2, 0.25) is 0 Å². The number of aliphatic hydroxyl groups is 1. The van der Waals surface area contributed by atoms with Crippen molar-refractivity contribution in [1.29, 1.82) is 0 Å². The monoisotopic (exact) mass is 262 g/mol. The van der Waals surface area contributed by atoms with Gasteiger partial charge in [-0.2, -0.15) is 0 Å². The Kier molecular flexibility index (Phi) is 3.65. The van der Waals surface area contributed by atoms with Crippen molar-refractivity contribution < 1.29 is 9.90 Å². The fraction of sp³-hybridized carbons (Fsp3) is 0.533. The SMILES string of the molecule is CN1C(=O)CCc2cc(C(O)C(C)(C)CN)ccc21.